The first-order valence-electron chi connectivity index (χ1n) is 9.03. The van der Waals surface area contributed by atoms with E-state index in [4.69, 9.17) is 11.1 Å². The van der Waals surface area contributed by atoms with Gasteiger partial charge >= 0.3 is 0 Å². The number of hydrogen-bond donors (Lipinski definition) is 2. The molecule has 4 rings (SSSR count). The molecule has 138 valence electrons. The standard InChI is InChI=1S/C21H23N5S/c1-25-9-11-26(12-10-25)17-4-2-15(3-5-17)20(22)19-18(6-8-24-21(19)23)16-7-13-27-14-16/h2-8,13-14,22H,9-12H2,1H3,(H2,23,24). The van der Waals surface area contributed by atoms with Crippen LogP contribution in [0.3, 0.4) is 0 Å². The highest BCUT2D eigenvalue weighted by Crippen LogP contribution is 2.30. The van der Waals surface area contributed by atoms with Crippen molar-refractivity contribution in [1.29, 1.82) is 5.41 Å². The number of piperazine rings is 1. The van der Waals surface area contributed by atoms with E-state index in [0.29, 0.717) is 17.1 Å². The minimum absolute atomic E-state index is 0.395. The maximum Gasteiger partial charge on any atom is 0.133 e. The Kier molecular flexibility index (Phi) is 4.92. The van der Waals surface area contributed by atoms with Crippen molar-refractivity contribution in [2.45, 2.75) is 0 Å². The third-order valence-corrected chi connectivity index (χ3v) is 5.77. The van der Waals surface area contributed by atoms with Crippen LogP contribution in [-0.2, 0) is 0 Å². The van der Waals surface area contributed by atoms with Crippen molar-refractivity contribution in [3.8, 4) is 11.1 Å². The molecule has 5 nitrogen and oxygen atoms in total. The molecule has 1 aliphatic rings. The number of nitrogens with one attached hydrogen (secondary N) is 1. The molecule has 1 aromatic carbocycles. The molecule has 2 aromatic heterocycles. The van der Waals surface area contributed by atoms with E-state index in [2.05, 4.69) is 39.3 Å². The van der Waals surface area contributed by atoms with E-state index < -0.39 is 0 Å². The summed E-state index contributed by atoms with van der Waals surface area (Å²) in [4.78, 5) is 8.96. The van der Waals surface area contributed by atoms with E-state index in [0.717, 1.165) is 42.9 Å². The van der Waals surface area contributed by atoms with Gasteiger partial charge in [0, 0.05) is 43.6 Å². The number of likely N-dealkylation sites (N-methyl/N-ethyl adjacent to an activating group) is 1. The van der Waals surface area contributed by atoms with Crippen LogP contribution in [0.5, 0.6) is 0 Å². The van der Waals surface area contributed by atoms with Gasteiger partial charge in [-0.15, -0.1) is 0 Å². The van der Waals surface area contributed by atoms with Crippen LogP contribution in [0, 0.1) is 5.41 Å². The molecule has 0 unspecified atom stereocenters. The van der Waals surface area contributed by atoms with Crippen LogP contribution in [-0.4, -0.2) is 48.8 Å². The second-order valence-corrected chi connectivity index (χ2v) is 7.62. The lowest BCUT2D eigenvalue weighted by Gasteiger charge is -2.34. The average Bonchev–Trinajstić information content (AvgIpc) is 3.23. The monoisotopic (exact) mass is 377 g/mol. The van der Waals surface area contributed by atoms with Gasteiger partial charge < -0.3 is 15.5 Å². The minimum atomic E-state index is 0.395. The number of anilines is 2. The molecular formula is C21H23N5S. The molecule has 3 N–H and O–H groups in total. The summed E-state index contributed by atoms with van der Waals surface area (Å²) in [6, 6.07) is 12.2. The van der Waals surface area contributed by atoms with E-state index in [1.54, 1.807) is 17.5 Å². The van der Waals surface area contributed by atoms with Crippen LogP contribution in [0.25, 0.3) is 11.1 Å². The van der Waals surface area contributed by atoms with E-state index in [1.165, 1.54) is 5.69 Å². The Morgan fingerprint density at radius 3 is 2.48 bits per heavy atom. The summed E-state index contributed by atoms with van der Waals surface area (Å²) < 4.78 is 0. The molecule has 27 heavy (non-hydrogen) atoms. The fourth-order valence-corrected chi connectivity index (χ4v) is 4.10. The number of nitrogen functional groups attached to an aromatic ring is 1. The highest BCUT2D eigenvalue weighted by Gasteiger charge is 2.18. The molecule has 0 atom stereocenters. The molecule has 3 aromatic rings. The third kappa shape index (κ3) is 3.59. The number of hydrogen-bond acceptors (Lipinski definition) is 6. The van der Waals surface area contributed by atoms with E-state index in [-0.39, 0.29) is 0 Å². The molecule has 1 fully saturated rings. The first-order chi connectivity index (χ1) is 13.1. The summed E-state index contributed by atoms with van der Waals surface area (Å²) in [5.41, 5.74) is 11.4. The molecule has 0 amide bonds. The van der Waals surface area contributed by atoms with Crippen LogP contribution < -0.4 is 10.6 Å². The topological polar surface area (TPSA) is 69.2 Å². The molecule has 0 bridgehead atoms. The normalized spacial score (nSPS) is 15.1. The molecule has 0 radical (unpaired) electrons. The van der Waals surface area contributed by atoms with Gasteiger partial charge in [0.05, 0.1) is 11.3 Å². The molecule has 0 spiro atoms. The second-order valence-electron chi connectivity index (χ2n) is 6.84. The highest BCUT2D eigenvalue weighted by molar-refractivity contribution is 7.08. The smallest absolute Gasteiger partial charge is 0.133 e. The fraction of sp³-hybridized carbons (Fsp3) is 0.238. The van der Waals surface area contributed by atoms with Gasteiger partial charge in [-0.1, -0.05) is 12.1 Å². The molecule has 3 heterocycles. The predicted octanol–water partition coefficient (Wildman–Crippen LogP) is 3.56. The Balaban J connectivity index is 1.62. The van der Waals surface area contributed by atoms with Crippen LogP contribution in [0.1, 0.15) is 11.1 Å². The van der Waals surface area contributed by atoms with Crippen molar-refractivity contribution in [2.75, 3.05) is 43.9 Å². The van der Waals surface area contributed by atoms with Gasteiger partial charge in [0.25, 0.3) is 0 Å². The zero-order valence-corrected chi connectivity index (χ0v) is 16.2. The maximum absolute atomic E-state index is 8.76. The summed E-state index contributed by atoms with van der Waals surface area (Å²) in [5.74, 6) is 0.395. The lowest BCUT2D eigenvalue weighted by Crippen LogP contribution is -2.44. The third-order valence-electron chi connectivity index (χ3n) is 5.09. The fourth-order valence-electron chi connectivity index (χ4n) is 3.45. The number of aromatic nitrogens is 1. The van der Waals surface area contributed by atoms with E-state index in [1.807, 2.05) is 29.6 Å². The van der Waals surface area contributed by atoms with Gasteiger partial charge in [-0.25, -0.2) is 4.98 Å². The Hall–Kier alpha value is -2.70. The van der Waals surface area contributed by atoms with Gasteiger partial charge in [-0.05, 0) is 53.2 Å². The molecule has 1 saturated heterocycles. The Bertz CT molecular complexity index is 926. The van der Waals surface area contributed by atoms with Crippen molar-refractivity contribution in [1.82, 2.24) is 9.88 Å². The zero-order valence-electron chi connectivity index (χ0n) is 15.4. The number of rotatable bonds is 4. The molecule has 6 heteroatoms. The number of benzene rings is 1. The highest BCUT2D eigenvalue weighted by atomic mass is 32.1. The summed E-state index contributed by atoms with van der Waals surface area (Å²) in [5, 5.41) is 12.9. The van der Waals surface area contributed by atoms with Crippen LogP contribution >= 0.6 is 11.3 Å². The molecule has 0 aliphatic carbocycles. The Labute approximate surface area is 163 Å². The van der Waals surface area contributed by atoms with Gasteiger partial charge in [-0.3, -0.25) is 5.41 Å². The lowest BCUT2D eigenvalue weighted by atomic mass is 9.95. The zero-order chi connectivity index (χ0) is 18.8. The predicted molar refractivity (Wildman–Crippen MR) is 114 cm³/mol. The summed E-state index contributed by atoms with van der Waals surface area (Å²) in [6.07, 6.45) is 1.70. The first-order valence-corrected chi connectivity index (χ1v) is 9.97. The van der Waals surface area contributed by atoms with Gasteiger partial charge in [0.2, 0.25) is 0 Å². The summed E-state index contributed by atoms with van der Waals surface area (Å²) in [6.45, 7) is 4.22. The molecular weight excluding hydrogens is 354 g/mol. The second kappa shape index (κ2) is 7.50. The SMILES string of the molecule is CN1CCN(c2ccc(C(=N)c3c(-c4ccsc4)ccnc3N)cc2)CC1. The molecule has 1 aliphatic heterocycles. The number of nitrogens with zero attached hydrogens (tertiary/aromatic N) is 3. The van der Waals surface area contributed by atoms with Crippen molar-refractivity contribution >= 4 is 28.6 Å². The van der Waals surface area contributed by atoms with Crippen LogP contribution in [0.2, 0.25) is 0 Å². The van der Waals surface area contributed by atoms with Crippen molar-refractivity contribution < 1.29 is 0 Å². The Morgan fingerprint density at radius 1 is 1.07 bits per heavy atom. The van der Waals surface area contributed by atoms with Crippen molar-refractivity contribution in [3.63, 3.8) is 0 Å². The summed E-state index contributed by atoms with van der Waals surface area (Å²) >= 11 is 1.63. The van der Waals surface area contributed by atoms with Crippen LogP contribution in [0.4, 0.5) is 11.5 Å². The first kappa shape index (κ1) is 17.7. The van der Waals surface area contributed by atoms with Gasteiger partial charge in [-0.2, -0.15) is 11.3 Å². The van der Waals surface area contributed by atoms with Gasteiger partial charge in [0.1, 0.15) is 5.82 Å². The minimum Gasteiger partial charge on any atom is -0.383 e. The summed E-state index contributed by atoms with van der Waals surface area (Å²) in [7, 11) is 2.16. The van der Waals surface area contributed by atoms with E-state index in [9.17, 15) is 0 Å². The van der Waals surface area contributed by atoms with Crippen LogP contribution in [0.15, 0.2) is 53.4 Å². The van der Waals surface area contributed by atoms with E-state index >= 15 is 0 Å². The maximum atomic E-state index is 8.76. The lowest BCUT2D eigenvalue weighted by molar-refractivity contribution is 0.313. The van der Waals surface area contributed by atoms with Crippen molar-refractivity contribution in [2.24, 2.45) is 0 Å². The van der Waals surface area contributed by atoms with Crippen molar-refractivity contribution in [3.05, 3.63) is 64.5 Å². The number of pyridine rings is 1. The number of nitrogens with two attached hydrogens (primary N) is 1. The quantitative estimate of drug-likeness (QED) is 0.682. The van der Waals surface area contributed by atoms with Gasteiger partial charge in [0.15, 0.2) is 0 Å². The Morgan fingerprint density at radius 2 is 1.81 bits per heavy atom. The average molecular weight is 378 g/mol. The largest absolute Gasteiger partial charge is 0.383 e. The molecule has 0 saturated carbocycles. The number of thiophene rings is 1.